The van der Waals surface area contributed by atoms with Crippen molar-refractivity contribution in [2.75, 3.05) is 13.1 Å². The van der Waals surface area contributed by atoms with Crippen LogP contribution >= 0.6 is 46.9 Å². The van der Waals surface area contributed by atoms with Gasteiger partial charge in [0.1, 0.15) is 6.10 Å². The Kier molecular flexibility index (Phi) is 10.6. The van der Waals surface area contributed by atoms with Gasteiger partial charge in [0.15, 0.2) is 5.96 Å². The van der Waals surface area contributed by atoms with Gasteiger partial charge < -0.3 is 15.7 Å². The molecule has 0 aliphatic carbocycles. The molecule has 3 N–H and O–H groups in total. The lowest BCUT2D eigenvalue weighted by Gasteiger charge is -2.21. The summed E-state index contributed by atoms with van der Waals surface area (Å²) in [5.74, 6) is 1.25. The molecular weight excluding hydrogens is 421 g/mol. The maximum Gasteiger partial charge on any atom is 0.191 e. The molecule has 0 aliphatic rings. The van der Waals surface area contributed by atoms with Crippen molar-refractivity contribution in [3.8, 4) is 0 Å². The molecule has 0 spiro atoms. The van der Waals surface area contributed by atoms with E-state index in [1.54, 1.807) is 6.07 Å². The minimum Gasteiger partial charge on any atom is -0.386 e. The van der Waals surface area contributed by atoms with Gasteiger partial charge in [-0.15, -0.1) is 35.3 Å². The van der Waals surface area contributed by atoms with Crippen molar-refractivity contribution in [3.05, 3.63) is 21.3 Å². The number of aliphatic imine (C=N–C) groups is 1. The molecule has 1 aromatic rings. The lowest BCUT2D eigenvalue weighted by Crippen LogP contribution is -2.44. The van der Waals surface area contributed by atoms with Crippen molar-refractivity contribution >= 4 is 52.9 Å². The smallest absolute Gasteiger partial charge is 0.191 e. The first-order valence-electron chi connectivity index (χ1n) is 6.92. The summed E-state index contributed by atoms with van der Waals surface area (Å²) in [5, 5.41) is 16.6. The summed E-state index contributed by atoms with van der Waals surface area (Å²) in [6.45, 7) is 9.56. The first-order valence-corrected chi connectivity index (χ1v) is 8.11. The van der Waals surface area contributed by atoms with Crippen molar-refractivity contribution in [2.24, 2.45) is 10.9 Å². The topological polar surface area (TPSA) is 56.7 Å². The van der Waals surface area contributed by atoms with Crippen LogP contribution in [0.3, 0.4) is 0 Å². The Morgan fingerprint density at radius 2 is 2.05 bits per heavy atom. The lowest BCUT2D eigenvalue weighted by atomic mass is 10.1. The summed E-state index contributed by atoms with van der Waals surface area (Å²) < 4.78 is 0.682. The molecule has 122 valence electrons. The average molecular weight is 446 g/mol. The van der Waals surface area contributed by atoms with Crippen LogP contribution < -0.4 is 10.6 Å². The van der Waals surface area contributed by atoms with Gasteiger partial charge in [0.05, 0.1) is 10.9 Å². The van der Waals surface area contributed by atoms with E-state index in [0.717, 1.165) is 17.4 Å². The second-order valence-corrected chi connectivity index (χ2v) is 6.80. The van der Waals surface area contributed by atoms with Crippen molar-refractivity contribution in [1.29, 1.82) is 0 Å². The third-order valence-corrected chi connectivity index (χ3v) is 4.39. The number of hydrogen-bond acceptors (Lipinski definition) is 3. The summed E-state index contributed by atoms with van der Waals surface area (Å²) in [4.78, 5) is 5.27. The SMILES string of the molecule is CCNC(=NCC(O)c1ccc(Cl)s1)NC(C)C(C)C.I. The van der Waals surface area contributed by atoms with Crippen molar-refractivity contribution in [1.82, 2.24) is 10.6 Å². The van der Waals surface area contributed by atoms with Crippen LogP contribution in [0.25, 0.3) is 0 Å². The highest BCUT2D eigenvalue weighted by molar-refractivity contribution is 14.0. The van der Waals surface area contributed by atoms with E-state index in [9.17, 15) is 5.11 Å². The number of halogens is 2. The summed E-state index contributed by atoms with van der Waals surface area (Å²) in [6, 6.07) is 3.95. The maximum absolute atomic E-state index is 10.1. The van der Waals surface area contributed by atoms with Crippen LogP contribution in [-0.4, -0.2) is 30.2 Å². The van der Waals surface area contributed by atoms with E-state index in [1.165, 1.54) is 11.3 Å². The molecule has 0 bridgehead atoms. The van der Waals surface area contributed by atoms with E-state index in [0.29, 0.717) is 22.8 Å². The minimum atomic E-state index is -0.614. The number of rotatable bonds is 6. The number of aliphatic hydroxyl groups excluding tert-OH is 1. The summed E-state index contributed by atoms with van der Waals surface area (Å²) in [7, 11) is 0. The van der Waals surface area contributed by atoms with Gasteiger partial charge in [-0.25, -0.2) is 0 Å². The number of aliphatic hydroxyl groups is 1. The first-order chi connectivity index (χ1) is 9.43. The molecule has 1 heterocycles. The van der Waals surface area contributed by atoms with E-state index in [1.807, 2.05) is 13.0 Å². The summed E-state index contributed by atoms with van der Waals surface area (Å²) in [6.07, 6.45) is -0.614. The second kappa shape index (κ2) is 10.6. The van der Waals surface area contributed by atoms with Gasteiger partial charge in [-0.3, -0.25) is 4.99 Å². The van der Waals surface area contributed by atoms with E-state index < -0.39 is 6.10 Å². The van der Waals surface area contributed by atoms with Gasteiger partial charge >= 0.3 is 0 Å². The van der Waals surface area contributed by atoms with Gasteiger partial charge in [-0.1, -0.05) is 25.4 Å². The van der Waals surface area contributed by atoms with Gasteiger partial charge in [0.25, 0.3) is 0 Å². The minimum absolute atomic E-state index is 0. The van der Waals surface area contributed by atoms with Crippen LogP contribution in [0.5, 0.6) is 0 Å². The molecule has 4 nitrogen and oxygen atoms in total. The van der Waals surface area contributed by atoms with Crippen molar-refractivity contribution < 1.29 is 5.11 Å². The second-order valence-electron chi connectivity index (χ2n) is 5.05. The largest absolute Gasteiger partial charge is 0.386 e. The first kappa shape index (κ1) is 20.9. The highest BCUT2D eigenvalue weighted by Crippen LogP contribution is 2.26. The Hall–Kier alpha value is -0.0500. The Balaban J connectivity index is 0.00000400. The zero-order valence-electron chi connectivity index (χ0n) is 12.9. The molecule has 0 saturated heterocycles. The average Bonchev–Trinajstić information content (AvgIpc) is 2.82. The molecule has 2 unspecified atom stereocenters. The zero-order valence-corrected chi connectivity index (χ0v) is 16.8. The number of thiophene rings is 1. The Labute approximate surface area is 153 Å². The molecule has 0 aliphatic heterocycles. The van der Waals surface area contributed by atoms with Crippen molar-refractivity contribution in [2.45, 2.75) is 39.8 Å². The molecule has 0 radical (unpaired) electrons. The quantitative estimate of drug-likeness (QED) is 0.356. The third-order valence-electron chi connectivity index (χ3n) is 3.05. The molecular formula is C14H25ClIN3OS. The number of nitrogens with zero attached hydrogens (tertiary/aromatic N) is 1. The predicted octanol–water partition coefficient (Wildman–Crippen LogP) is 3.65. The molecule has 0 aromatic carbocycles. The van der Waals surface area contributed by atoms with E-state index in [4.69, 9.17) is 11.6 Å². The van der Waals surface area contributed by atoms with E-state index >= 15 is 0 Å². The molecule has 1 aromatic heterocycles. The predicted molar refractivity (Wildman–Crippen MR) is 103 cm³/mol. The van der Waals surface area contributed by atoms with Gasteiger partial charge in [0.2, 0.25) is 0 Å². The summed E-state index contributed by atoms with van der Waals surface area (Å²) in [5.41, 5.74) is 0. The Morgan fingerprint density at radius 3 is 2.52 bits per heavy atom. The molecule has 0 fully saturated rings. The molecule has 0 saturated carbocycles. The molecule has 7 heteroatoms. The Bertz CT molecular complexity index is 440. The van der Waals surface area contributed by atoms with Crippen molar-refractivity contribution in [3.63, 3.8) is 0 Å². The van der Waals surface area contributed by atoms with Gasteiger partial charge in [0, 0.05) is 17.5 Å². The van der Waals surface area contributed by atoms with Crippen LogP contribution in [0.15, 0.2) is 17.1 Å². The third kappa shape index (κ3) is 7.67. The lowest BCUT2D eigenvalue weighted by molar-refractivity contribution is 0.191. The fourth-order valence-electron chi connectivity index (χ4n) is 1.48. The van der Waals surface area contributed by atoms with E-state index in [-0.39, 0.29) is 24.0 Å². The van der Waals surface area contributed by atoms with Crippen LogP contribution in [0.4, 0.5) is 0 Å². The monoisotopic (exact) mass is 445 g/mol. The molecule has 21 heavy (non-hydrogen) atoms. The molecule has 0 amide bonds. The summed E-state index contributed by atoms with van der Waals surface area (Å²) >= 11 is 7.25. The van der Waals surface area contributed by atoms with Crippen LogP contribution in [-0.2, 0) is 0 Å². The number of hydrogen-bond donors (Lipinski definition) is 3. The zero-order chi connectivity index (χ0) is 15.1. The van der Waals surface area contributed by atoms with Gasteiger partial charge in [-0.05, 0) is 31.9 Å². The number of nitrogens with one attached hydrogen (secondary N) is 2. The fourth-order valence-corrected chi connectivity index (χ4v) is 2.52. The normalized spacial score (nSPS) is 14.5. The molecule has 2 atom stereocenters. The van der Waals surface area contributed by atoms with E-state index in [2.05, 4.69) is 36.4 Å². The van der Waals surface area contributed by atoms with Gasteiger partial charge in [-0.2, -0.15) is 0 Å². The fraction of sp³-hybridized carbons (Fsp3) is 0.643. The molecule has 1 rings (SSSR count). The van der Waals surface area contributed by atoms with Crippen LogP contribution in [0.1, 0.15) is 38.7 Å². The maximum atomic E-state index is 10.1. The Morgan fingerprint density at radius 1 is 1.38 bits per heavy atom. The van der Waals surface area contributed by atoms with Crippen LogP contribution in [0, 0.1) is 5.92 Å². The van der Waals surface area contributed by atoms with Crippen LogP contribution in [0.2, 0.25) is 4.34 Å². The number of guanidine groups is 1. The highest BCUT2D eigenvalue weighted by Gasteiger charge is 2.12. The highest BCUT2D eigenvalue weighted by atomic mass is 127. The standard InChI is InChI=1S/C14H24ClN3OS.HI/c1-5-16-14(18-10(4)9(2)3)17-8-11(19)12-6-7-13(15)20-12;/h6-7,9-11,19H,5,8H2,1-4H3,(H2,16,17,18);1H.